The van der Waals surface area contributed by atoms with Crippen LogP contribution < -0.4 is 0 Å². The Kier molecular flexibility index (Phi) is 0.649. The molecule has 2 fully saturated rings. The first kappa shape index (κ1) is 4.77. The molecule has 8 heavy (non-hydrogen) atoms. The highest BCUT2D eigenvalue weighted by Crippen LogP contribution is 2.55. The summed E-state index contributed by atoms with van der Waals surface area (Å²) in [5, 5.41) is 17.7. The van der Waals surface area contributed by atoms with Crippen LogP contribution in [-0.2, 0) is 0 Å². The van der Waals surface area contributed by atoms with Crippen LogP contribution in [0.25, 0.3) is 0 Å². The zero-order chi connectivity index (χ0) is 5.78. The predicted molar refractivity (Wildman–Crippen MR) is 28.0 cm³/mol. The van der Waals surface area contributed by atoms with E-state index in [9.17, 15) is 0 Å². The molecule has 2 saturated carbocycles. The summed E-state index contributed by atoms with van der Waals surface area (Å²) in [6, 6.07) is 0. The maximum atomic E-state index is 8.86. The summed E-state index contributed by atoms with van der Waals surface area (Å²) in [5.74, 6) is -0.353. The molecule has 2 heteroatoms. The van der Waals surface area contributed by atoms with Crippen LogP contribution in [-0.4, -0.2) is 16.0 Å². The minimum Gasteiger partial charge on any atom is -0.365 e. The minimum absolute atomic E-state index is 0.238. The monoisotopic (exact) mass is 114 g/mol. The van der Waals surface area contributed by atoms with Crippen molar-refractivity contribution in [1.82, 2.24) is 0 Å². The fourth-order valence-electron chi connectivity index (χ4n) is 1.31. The number of rotatable bonds is 1. The molecule has 2 aliphatic rings. The maximum Gasteiger partial charge on any atom is 0.166 e. The molecular formula is C6H10O2. The van der Waals surface area contributed by atoms with Gasteiger partial charge in [-0.05, 0) is 18.8 Å². The van der Waals surface area contributed by atoms with Crippen LogP contribution in [0.15, 0.2) is 0 Å². The largest absolute Gasteiger partial charge is 0.365 e. The molecule has 1 atom stereocenters. The lowest BCUT2D eigenvalue weighted by atomic mass is 10.3. The molecule has 46 valence electrons. The lowest BCUT2D eigenvalue weighted by molar-refractivity contribution is -0.0845. The first-order valence-corrected chi connectivity index (χ1v) is 3.15. The van der Waals surface area contributed by atoms with Crippen molar-refractivity contribution in [2.75, 3.05) is 0 Å². The lowest BCUT2D eigenvalue weighted by Gasteiger charge is -1.96. The number of aliphatic hydroxyl groups is 2. The molecule has 0 aromatic rings. The molecule has 0 aromatic heterocycles. The summed E-state index contributed by atoms with van der Waals surface area (Å²) in [5.41, 5.74) is 0. The molecule has 2 nitrogen and oxygen atoms in total. The lowest BCUT2D eigenvalue weighted by Crippen LogP contribution is -2.08. The highest BCUT2D eigenvalue weighted by molar-refractivity contribution is 5.02. The smallest absolute Gasteiger partial charge is 0.166 e. The van der Waals surface area contributed by atoms with Gasteiger partial charge in [-0.1, -0.05) is 0 Å². The van der Waals surface area contributed by atoms with Crippen LogP contribution >= 0.6 is 0 Å². The third-order valence-electron chi connectivity index (χ3n) is 2.15. The van der Waals surface area contributed by atoms with Gasteiger partial charge in [0.05, 0.1) is 0 Å². The summed E-state index contributed by atoms with van der Waals surface area (Å²) in [6.07, 6.45) is 3.05. The molecule has 0 radical (unpaired) electrons. The van der Waals surface area contributed by atoms with Crippen LogP contribution in [0, 0.1) is 11.8 Å². The summed E-state index contributed by atoms with van der Waals surface area (Å²) in [6.45, 7) is 0. The standard InChI is InChI=1S/C6H10O2/c7-6(8)3-5(6)4-1-2-4/h4-5,7-8H,1-3H2. The molecule has 0 aromatic carbocycles. The van der Waals surface area contributed by atoms with Crippen molar-refractivity contribution in [1.29, 1.82) is 0 Å². The van der Waals surface area contributed by atoms with Crippen molar-refractivity contribution < 1.29 is 10.2 Å². The van der Waals surface area contributed by atoms with Crippen LogP contribution in [0.5, 0.6) is 0 Å². The van der Waals surface area contributed by atoms with Crippen molar-refractivity contribution in [2.24, 2.45) is 11.8 Å². The van der Waals surface area contributed by atoms with Gasteiger partial charge in [0.1, 0.15) is 0 Å². The third kappa shape index (κ3) is 0.565. The molecule has 1 unspecified atom stereocenters. The molecule has 0 bridgehead atoms. The topological polar surface area (TPSA) is 40.5 Å². The average Bonchev–Trinajstić information content (AvgIpc) is 2.37. The van der Waals surface area contributed by atoms with E-state index in [0.717, 1.165) is 0 Å². The maximum absolute atomic E-state index is 8.86. The van der Waals surface area contributed by atoms with E-state index in [1.165, 1.54) is 12.8 Å². The fourth-order valence-corrected chi connectivity index (χ4v) is 1.31. The second-order valence-corrected chi connectivity index (χ2v) is 3.03. The predicted octanol–water partition coefficient (Wildman–Crippen LogP) is 0.0972. The molecular weight excluding hydrogens is 104 g/mol. The van der Waals surface area contributed by atoms with Crippen molar-refractivity contribution in [3.63, 3.8) is 0 Å². The Balaban J connectivity index is 1.95. The molecule has 2 N–H and O–H groups in total. The number of hydrogen-bond acceptors (Lipinski definition) is 2. The van der Waals surface area contributed by atoms with Gasteiger partial charge in [0, 0.05) is 12.3 Å². The number of hydrogen-bond donors (Lipinski definition) is 2. The Morgan fingerprint density at radius 3 is 1.88 bits per heavy atom. The minimum atomic E-state index is -1.25. The first-order chi connectivity index (χ1) is 3.70. The van der Waals surface area contributed by atoms with Gasteiger partial charge in [0.2, 0.25) is 0 Å². The molecule has 0 amide bonds. The molecule has 0 heterocycles. The molecule has 2 rings (SSSR count). The van der Waals surface area contributed by atoms with E-state index in [-0.39, 0.29) is 5.92 Å². The van der Waals surface area contributed by atoms with Crippen molar-refractivity contribution >= 4 is 0 Å². The Labute approximate surface area is 48.1 Å². The van der Waals surface area contributed by atoms with E-state index in [1.807, 2.05) is 0 Å². The average molecular weight is 114 g/mol. The normalized spacial score (nSPS) is 42.0. The van der Waals surface area contributed by atoms with Gasteiger partial charge in [-0.25, -0.2) is 0 Å². The quantitative estimate of drug-likeness (QED) is 0.474. The Morgan fingerprint density at radius 2 is 1.75 bits per heavy atom. The Morgan fingerprint density at radius 1 is 1.25 bits per heavy atom. The van der Waals surface area contributed by atoms with Crippen molar-refractivity contribution in [3.05, 3.63) is 0 Å². The zero-order valence-electron chi connectivity index (χ0n) is 4.67. The highest BCUT2D eigenvalue weighted by atomic mass is 16.5. The van der Waals surface area contributed by atoms with Crippen LogP contribution in [0.2, 0.25) is 0 Å². The van der Waals surface area contributed by atoms with Gasteiger partial charge >= 0.3 is 0 Å². The van der Waals surface area contributed by atoms with Crippen molar-refractivity contribution in [3.8, 4) is 0 Å². The summed E-state index contributed by atoms with van der Waals surface area (Å²) in [7, 11) is 0. The fraction of sp³-hybridized carbons (Fsp3) is 1.00. The van der Waals surface area contributed by atoms with E-state index in [4.69, 9.17) is 10.2 Å². The highest BCUT2D eigenvalue weighted by Gasteiger charge is 2.58. The van der Waals surface area contributed by atoms with Gasteiger partial charge in [-0.3, -0.25) is 0 Å². The van der Waals surface area contributed by atoms with Crippen LogP contribution in [0.1, 0.15) is 19.3 Å². The van der Waals surface area contributed by atoms with E-state index in [2.05, 4.69) is 0 Å². The Bertz CT molecular complexity index is 116. The first-order valence-electron chi connectivity index (χ1n) is 3.15. The summed E-state index contributed by atoms with van der Waals surface area (Å²) in [4.78, 5) is 0. The van der Waals surface area contributed by atoms with Crippen LogP contribution in [0.3, 0.4) is 0 Å². The van der Waals surface area contributed by atoms with Crippen LogP contribution in [0.4, 0.5) is 0 Å². The second kappa shape index (κ2) is 1.09. The summed E-state index contributed by atoms with van der Waals surface area (Å²) < 4.78 is 0. The van der Waals surface area contributed by atoms with E-state index in [1.54, 1.807) is 0 Å². The van der Waals surface area contributed by atoms with E-state index >= 15 is 0 Å². The van der Waals surface area contributed by atoms with Gasteiger partial charge in [-0.2, -0.15) is 0 Å². The van der Waals surface area contributed by atoms with Gasteiger partial charge in [0.15, 0.2) is 5.79 Å². The summed E-state index contributed by atoms with van der Waals surface area (Å²) >= 11 is 0. The molecule has 0 spiro atoms. The van der Waals surface area contributed by atoms with Gasteiger partial charge < -0.3 is 10.2 Å². The molecule has 0 aliphatic heterocycles. The molecule has 2 aliphatic carbocycles. The second-order valence-electron chi connectivity index (χ2n) is 3.03. The van der Waals surface area contributed by atoms with Gasteiger partial charge in [-0.15, -0.1) is 0 Å². The Hall–Kier alpha value is -0.0800. The third-order valence-corrected chi connectivity index (χ3v) is 2.15. The van der Waals surface area contributed by atoms with Crippen molar-refractivity contribution in [2.45, 2.75) is 25.0 Å². The van der Waals surface area contributed by atoms with Gasteiger partial charge in [0.25, 0.3) is 0 Å². The molecule has 0 saturated heterocycles. The zero-order valence-corrected chi connectivity index (χ0v) is 4.67. The SMILES string of the molecule is OC1(O)CC1C1CC1. The van der Waals surface area contributed by atoms with E-state index in [0.29, 0.717) is 12.3 Å². The van der Waals surface area contributed by atoms with E-state index < -0.39 is 5.79 Å².